The average molecular weight is 286 g/mol. The standard InChI is InChI=1S/C12H15FN2O3S/c1-15(11-2-3-19(17,18)7-11)12(16)8-4-9(13)6-10(14)5-8/h4-6,11H,2-3,7,14H2,1H3. The molecule has 104 valence electrons. The second-order valence-electron chi connectivity index (χ2n) is 4.75. The van der Waals surface area contributed by atoms with Gasteiger partial charge in [0.05, 0.1) is 11.5 Å². The summed E-state index contributed by atoms with van der Waals surface area (Å²) < 4.78 is 36.0. The molecule has 0 aromatic heterocycles. The van der Waals surface area contributed by atoms with Gasteiger partial charge in [0.15, 0.2) is 9.84 Å². The third-order valence-corrected chi connectivity index (χ3v) is 4.99. The van der Waals surface area contributed by atoms with Gasteiger partial charge in [-0.05, 0) is 24.6 Å². The summed E-state index contributed by atoms with van der Waals surface area (Å²) in [6.07, 6.45) is 0.412. The van der Waals surface area contributed by atoms with Crippen LogP contribution >= 0.6 is 0 Å². The van der Waals surface area contributed by atoms with Crippen LogP contribution in [0.15, 0.2) is 18.2 Å². The van der Waals surface area contributed by atoms with E-state index in [-0.39, 0.29) is 28.8 Å². The lowest BCUT2D eigenvalue weighted by Crippen LogP contribution is -2.37. The molecule has 1 fully saturated rings. The number of nitrogens with two attached hydrogens (primary N) is 1. The summed E-state index contributed by atoms with van der Waals surface area (Å²) in [6, 6.07) is 3.24. The van der Waals surface area contributed by atoms with Gasteiger partial charge < -0.3 is 10.6 Å². The fourth-order valence-electron chi connectivity index (χ4n) is 2.19. The average Bonchev–Trinajstić information content (AvgIpc) is 2.66. The quantitative estimate of drug-likeness (QED) is 0.810. The van der Waals surface area contributed by atoms with E-state index in [0.29, 0.717) is 6.42 Å². The summed E-state index contributed by atoms with van der Waals surface area (Å²) >= 11 is 0. The van der Waals surface area contributed by atoms with E-state index in [1.807, 2.05) is 0 Å². The lowest BCUT2D eigenvalue weighted by Gasteiger charge is -2.23. The molecule has 0 aliphatic carbocycles. The zero-order chi connectivity index (χ0) is 14.2. The highest BCUT2D eigenvalue weighted by Crippen LogP contribution is 2.20. The van der Waals surface area contributed by atoms with Crippen molar-refractivity contribution in [2.45, 2.75) is 12.5 Å². The van der Waals surface area contributed by atoms with Crippen molar-refractivity contribution in [3.63, 3.8) is 0 Å². The van der Waals surface area contributed by atoms with Crippen molar-refractivity contribution in [2.24, 2.45) is 0 Å². The van der Waals surface area contributed by atoms with E-state index in [9.17, 15) is 17.6 Å². The SMILES string of the molecule is CN(C(=O)c1cc(N)cc(F)c1)C1CCS(=O)(=O)C1. The lowest BCUT2D eigenvalue weighted by atomic mass is 10.1. The van der Waals surface area contributed by atoms with E-state index in [4.69, 9.17) is 5.73 Å². The zero-order valence-corrected chi connectivity index (χ0v) is 11.3. The molecule has 1 atom stereocenters. The number of sulfone groups is 1. The van der Waals surface area contributed by atoms with Crippen molar-refractivity contribution in [1.29, 1.82) is 0 Å². The molecular formula is C12H15FN2O3S. The Morgan fingerprint density at radius 3 is 2.63 bits per heavy atom. The molecular weight excluding hydrogens is 271 g/mol. The number of anilines is 1. The molecule has 1 aromatic carbocycles. The van der Waals surface area contributed by atoms with Crippen LogP contribution in [0.25, 0.3) is 0 Å². The molecule has 1 aliphatic rings. The Morgan fingerprint density at radius 2 is 2.11 bits per heavy atom. The van der Waals surface area contributed by atoms with Crippen molar-refractivity contribution in [2.75, 3.05) is 24.3 Å². The first-order valence-electron chi connectivity index (χ1n) is 5.82. The fourth-order valence-corrected chi connectivity index (χ4v) is 3.96. The highest BCUT2D eigenvalue weighted by molar-refractivity contribution is 7.91. The van der Waals surface area contributed by atoms with Gasteiger partial charge in [0.25, 0.3) is 5.91 Å². The highest BCUT2D eigenvalue weighted by atomic mass is 32.2. The molecule has 0 bridgehead atoms. The van der Waals surface area contributed by atoms with Crippen molar-refractivity contribution < 1.29 is 17.6 Å². The molecule has 5 nitrogen and oxygen atoms in total. The molecule has 1 saturated heterocycles. The van der Waals surface area contributed by atoms with Crippen LogP contribution in [0.3, 0.4) is 0 Å². The third-order valence-electron chi connectivity index (χ3n) is 3.24. The predicted octanol–water partition coefficient (Wildman–Crippen LogP) is 0.667. The number of benzene rings is 1. The maximum Gasteiger partial charge on any atom is 0.254 e. The number of carbonyl (C=O) groups is 1. The minimum atomic E-state index is -3.07. The summed E-state index contributed by atoms with van der Waals surface area (Å²) in [5.41, 5.74) is 5.78. The van der Waals surface area contributed by atoms with Crippen molar-refractivity contribution >= 4 is 21.4 Å². The number of nitrogen functional groups attached to an aromatic ring is 1. The van der Waals surface area contributed by atoms with Crippen molar-refractivity contribution in [3.05, 3.63) is 29.6 Å². The normalized spacial score (nSPS) is 21.3. The molecule has 2 rings (SSSR count). The van der Waals surface area contributed by atoms with Crippen LogP contribution in [-0.4, -0.2) is 43.8 Å². The topological polar surface area (TPSA) is 80.5 Å². The molecule has 0 saturated carbocycles. The van der Waals surface area contributed by atoms with Gasteiger partial charge in [-0.1, -0.05) is 0 Å². The number of amides is 1. The lowest BCUT2D eigenvalue weighted by molar-refractivity contribution is 0.0747. The largest absolute Gasteiger partial charge is 0.399 e. The van der Waals surface area contributed by atoms with Crippen LogP contribution in [0, 0.1) is 5.82 Å². The van der Waals surface area contributed by atoms with Gasteiger partial charge in [0, 0.05) is 24.3 Å². The second-order valence-corrected chi connectivity index (χ2v) is 6.97. The van der Waals surface area contributed by atoms with Crippen molar-refractivity contribution in [1.82, 2.24) is 4.90 Å². The smallest absolute Gasteiger partial charge is 0.254 e. The van der Waals surface area contributed by atoms with Gasteiger partial charge in [-0.2, -0.15) is 0 Å². The van der Waals surface area contributed by atoms with Gasteiger partial charge in [-0.25, -0.2) is 12.8 Å². The summed E-state index contributed by atoms with van der Waals surface area (Å²) in [5.74, 6) is -0.968. The van der Waals surface area contributed by atoms with E-state index in [2.05, 4.69) is 0 Å². The van der Waals surface area contributed by atoms with Crippen LogP contribution in [0.4, 0.5) is 10.1 Å². The van der Waals surface area contributed by atoms with Gasteiger partial charge in [-0.3, -0.25) is 4.79 Å². The molecule has 0 spiro atoms. The molecule has 19 heavy (non-hydrogen) atoms. The molecule has 1 amide bonds. The van der Waals surface area contributed by atoms with Crippen LogP contribution in [-0.2, 0) is 9.84 Å². The van der Waals surface area contributed by atoms with Crippen LogP contribution in [0.5, 0.6) is 0 Å². The molecule has 1 aliphatic heterocycles. The first kappa shape index (κ1) is 13.8. The Hall–Kier alpha value is -1.63. The number of halogens is 1. The minimum Gasteiger partial charge on any atom is -0.399 e. The van der Waals surface area contributed by atoms with Gasteiger partial charge in [0.2, 0.25) is 0 Å². The molecule has 1 aromatic rings. The Balaban J connectivity index is 2.20. The number of carbonyl (C=O) groups excluding carboxylic acids is 1. The molecule has 1 heterocycles. The number of hydrogen-bond donors (Lipinski definition) is 1. The van der Waals surface area contributed by atoms with E-state index in [1.54, 1.807) is 0 Å². The molecule has 2 N–H and O–H groups in total. The van der Waals surface area contributed by atoms with Crippen molar-refractivity contribution in [3.8, 4) is 0 Å². The maximum atomic E-state index is 13.2. The fraction of sp³-hybridized carbons (Fsp3) is 0.417. The summed E-state index contributed by atoms with van der Waals surface area (Å²) in [6.45, 7) is 0. The minimum absolute atomic E-state index is 0.0416. The summed E-state index contributed by atoms with van der Waals surface area (Å²) in [4.78, 5) is 13.5. The van der Waals surface area contributed by atoms with Crippen LogP contribution in [0.2, 0.25) is 0 Å². The Labute approximate surface area is 111 Å². The van der Waals surface area contributed by atoms with E-state index >= 15 is 0 Å². The summed E-state index contributed by atoms with van der Waals surface area (Å²) in [5, 5.41) is 0. The Bertz CT molecular complexity index is 595. The highest BCUT2D eigenvalue weighted by Gasteiger charge is 2.33. The molecule has 7 heteroatoms. The second kappa shape index (κ2) is 4.80. The van der Waals surface area contributed by atoms with E-state index in [1.165, 1.54) is 18.0 Å². The number of rotatable bonds is 2. The Morgan fingerprint density at radius 1 is 1.42 bits per heavy atom. The van der Waals surface area contributed by atoms with Gasteiger partial charge >= 0.3 is 0 Å². The number of hydrogen-bond acceptors (Lipinski definition) is 4. The van der Waals surface area contributed by atoms with Crippen LogP contribution in [0.1, 0.15) is 16.8 Å². The summed E-state index contributed by atoms with van der Waals surface area (Å²) in [7, 11) is -1.54. The maximum absolute atomic E-state index is 13.2. The number of nitrogens with zero attached hydrogens (tertiary/aromatic N) is 1. The van der Waals surface area contributed by atoms with Gasteiger partial charge in [-0.15, -0.1) is 0 Å². The first-order chi connectivity index (χ1) is 8.78. The van der Waals surface area contributed by atoms with E-state index < -0.39 is 21.6 Å². The first-order valence-corrected chi connectivity index (χ1v) is 7.64. The Kier molecular flexibility index (Phi) is 3.49. The molecule has 0 radical (unpaired) electrons. The van der Waals surface area contributed by atoms with Gasteiger partial charge in [0.1, 0.15) is 5.82 Å². The van der Waals surface area contributed by atoms with Crippen LogP contribution < -0.4 is 5.73 Å². The zero-order valence-electron chi connectivity index (χ0n) is 10.5. The van der Waals surface area contributed by atoms with E-state index in [0.717, 1.165) is 12.1 Å². The monoisotopic (exact) mass is 286 g/mol. The molecule has 1 unspecified atom stereocenters. The third kappa shape index (κ3) is 3.04. The predicted molar refractivity (Wildman–Crippen MR) is 70.0 cm³/mol.